The van der Waals surface area contributed by atoms with E-state index < -0.39 is 12.0 Å². The standard InChI is InChI=1S/C21H26ClNO4/c1-13(2)19(21(24)25)23-11-16-9-17(22)20(18(10-16)26-4)27-12-15-7-5-14(3)6-8-15/h5-10,13,19,23H,11-12H2,1-4H3,(H,24,25). The van der Waals surface area contributed by atoms with Gasteiger partial charge >= 0.3 is 5.97 Å². The monoisotopic (exact) mass is 391 g/mol. The zero-order valence-electron chi connectivity index (χ0n) is 16.1. The Morgan fingerprint density at radius 2 is 1.85 bits per heavy atom. The first kappa shape index (κ1) is 21.1. The molecule has 0 aliphatic rings. The summed E-state index contributed by atoms with van der Waals surface area (Å²) in [6.45, 7) is 6.50. The van der Waals surface area contributed by atoms with Crippen molar-refractivity contribution in [3.8, 4) is 11.5 Å². The predicted octanol–water partition coefficient (Wildman–Crippen LogP) is 4.43. The SMILES string of the molecule is COc1cc(CNC(C(=O)O)C(C)C)cc(Cl)c1OCc1ccc(C)cc1. The third kappa shape index (κ3) is 5.88. The molecule has 27 heavy (non-hydrogen) atoms. The average molecular weight is 392 g/mol. The number of nitrogens with one attached hydrogen (secondary N) is 1. The minimum atomic E-state index is -0.874. The van der Waals surface area contributed by atoms with Crippen LogP contribution in [0.25, 0.3) is 0 Å². The molecule has 2 rings (SSSR count). The highest BCUT2D eigenvalue weighted by atomic mass is 35.5. The molecule has 0 aliphatic carbocycles. The Hall–Kier alpha value is -2.24. The summed E-state index contributed by atoms with van der Waals surface area (Å²) in [6, 6.07) is 11.0. The number of aliphatic carboxylic acids is 1. The maximum Gasteiger partial charge on any atom is 0.320 e. The minimum absolute atomic E-state index is 0.0306. The van der Waals surface area contributed by atoms with Crippen LogP contribution in [-0.4, -0.2) is 24.2 Å². The van der Waals surface area contributed by atoms with Gasteiger partial charge in [0.05, 0.1) is 12.1 Å². The van der Waals surface area contributed by atoms with Crippen LogP contribution in [0.4, 0.5) is 0 Å². The number of hydrogen-bond donors (Lipinski definition) is 2. The maximum absolute atomic E-state index is 11.3. The number of benzene rings is 2. The van der Waals surface area contributed by atoms with Gasteiger partial charge < -0.3 is 19.9 Å². The number of rotatable bonds is 9. The third-order valence-corrected chi connectivity index (χ3v) is 4.53. The second-order valence-electron chi connectivity index (χ2n) is 6.82. The lowest BCUT2D eigenvalue weighted by Crippen LogP contribution is -2.40. The van der Waals surface area contributed by atoms with E-state index in [0.29, 0.717) is 29.7 Å². The van der Waals surface area contributed by atoms with Gasteiger partial charge in [0.15, 0.2) is 11.5 Å². The highest BCUT2D eigenvalue weighted by Gasteiger charge is 2.21. The molecule has 0 heterocycles. The summed E-state index contributed by atoms with van der Waals surface area (Å²) in [4.78, 5) is 11.3. The molecular formula is C21H26ClNO4. The van der Waals surface area contributed by atoms with Gasteiger partial charge in [-0.1, -0.05) is 55.3 Å². The van der Waals surface area contributed by atoms with Crippen LogP contribution in [0.1, 0.15) is 30.5 Å². The van der Waals surface area contributed by atoms with E-state index in [9.17, 15) is 9.90 Å². The van der Waals surface area contributed by atoms with Crippen molar-refractivity contribution in [3.05, 3.63) is 58.1 Å². The summed E-state index contributed by atoms with van der Waals surface area (Å²) in [5.41, 5.74) is 3.05. The van der Waals surface area contributed by atoms with Crippen LogP contribution in [0.2, 0.25) is 5.02 Å². The van der Waals surface area contributed by atoms with Crippen molar-refractivity contribution < 1.29 is 19.4 Å². The summed E-state index contributed by atoms with van der Waals surface area (Å²) in [6.07, 6.45) is 0. The van der Waals surface area contributed by atoms with E-state index in [1.165, 1.54) is 5.56 Å². The molecular weight excluding hydrogens is 366 g/mol. The molecule has 1 atom stereocenters. The van der Waals surface area contributed by atoms with E-state index >= 15 is 0 Å². The Kier molecular flexibility index (Phi) is 7.51. The molecule has 0 saturated heterocycles. The number of ether oxygens (including phenoxy) is 2. The Morgan fingerprint density at radius 3 is 2.41 bits per heavy atom. The summed E-state index contributed by atoms with van der Waals surface area (Å²) in [7, 11) is 1.55. The Balaban J connectivity index is 2.11. The first-order valence-corrected chi connectivity index (χ1v) is 9.20. The van der Waals surface area contributed by atoms with Crippen molar-refractivity contribution in [3.63, 3.8) is 0 Å². The normalized spacial score (nSPS) is 12.1. The molecule has 6 heteroatoms. The van der Waals surface area contributed by atoms with E-state index in [-0.39, 0.29) is 5.92 Å². The molecule has 5 nitrogen and oxygen atoms in total. The molecule has 0 aromatic heterocycles. The Bertz CT molecular complexity index is 774. The van der Waals surface area contributed by atoms with Crippen LogP contribution in [0.15, 0.2) is 36.4 Å². The lowest BCUT2D eigenvalue weighted by molar-refractivity contribution is -0.140. The first-order chi connectivity index (χ1) is 12.8. The predicted molar refractivity (Wildman–Crippen MR) is 107 cm³/mol. The molecule has 0 radical (unpaired) electrons. The van der Waals surface area contributed by atoms with Gasteiger partial charge in [-0.05, 0) is 36.1 Å². The zero-order chi connectivity index (χ0) is 20.0. The van der Waals surface area contributed by atoms with Gasteiger partial charge in [-0.15, -0.1) is 0 Å². The van der Waals surface area contributed by atoms with E-state index in [4.69, 9.17) is 21.1 Å². The fraction of sp³-hybridized carbons (Fsp3) is 0.381. The number of carboxylic acids is 1. The number of halogens is 1. The van der Waals surface area contributed by atoms with Crippen LogP contribution < -0.4 is 14.8 Å². The van der Waals surface area contributed by atoms with E-state index in [2.05, 4.69) is 5.32 Å². The molecule has 0 bridgehead atoms. The summed E-state index contributed by atoms with van der Waals surface area (Å²) >= 11 is 6.40. The lowest BCUT2D eigenvalue weighted by atomic mass is 10.0. The van der Waals surface area contributed by atoms with Crippen molar-refractivity contribution in [1.29, 1.82) is 0 Å². The minimum Gasteiger partial charge on any atom is -0.493 e. The van der Waals surface area contributed by atoms with Gasteiger partial charge in [-0.3, -0.25) is 4.79 Å². The van der Waals surface area contributed by atoms with E-state index in [1.807, 2.05) is 51.1 Å². The second-order valence-corrected chi connectivity index (χ2v) is 7.23. The van der Waals surface area contributed by atoms with Crippen molar-refractivity contribution in [2.45, 2.75) is 40.0 Å². The molecule has 146 valence electrons. The highest BCUT2D eigenvalue weighted by molar-refractivity contribution is 6.32. The number of methoxy groups -OCH3 is 1. The van der Waals surface area contributed by atoms with Crippen molar-refractivity contribution >= 4 is 17.6 Å². The summed E-state index contributed by atoms with van der Waals surface area (Å²) < 4.78 is 11.3. The van der Waals surface area contributed by atoms with E-state index in [1.54, 1.807) is 13.2 Å². The maximum atomic E-state index is 11.3. The lowest BCUT2D eigenvalue weighted by Gasteiger charge is -2.19. The molecule has 0 saturated carbocycles. The molecule has 2 aromatic rings. The molecule has 0 amide bonds. The van der Waals surface area contributed by atoms with Crippen molar-refractivity contribution in [2.75, 3.05) is 7.11 Å². The third-order valence-electron chi connectivity index (χ3n) is 4.25. The fourth-order valence-corrected chi connectivity index (χ4v) is 2.98. The fourth-order valence-electron chi connectivity index (χ4n) is 2.69. The first-order valence-electron chi connectivity index (χ1n) is 8.82. The largest absolute Gasteiger partial charge is 0.493 e. The number of hydrogen-bond acceptors (Lipinski definition) is 4. The van der Waals surface area contributed by atoms with Gasteiger partial charge in [-0.25, -0.2) is 0 Å². The Morgan fingerprint density at radius 1 is 1.19 bits per heavy atom. The van der Waals surface area contributed by atoms with Gasteiger partial charge in [0.25, 0.3) is 0 Å². The van der Waals surface area contributed by atoms with Gasteiger partial charge in [-0.2, -0.15) is 0 Å². The van der Waals surface area contributed by atoms with Crippen molar-refractivity contribution in [1.82, 2.24) is 5.32 Å². The number of aryl methyl sites for hydroxylation is 1. The smallest absolute Gasteiger partial charge is 0.320 e. The molecule has 0 fully saturated rings. The topological polar surface area (TPSA) is 67.8 Å². The van der Waals surface area contributed by atoms with Crippen LogP contribution in [0, 0.1) is 12.8 Å². The Labute approximate surface area is 165 Å². The van der Waals surface area contributed by atoms with Crippen LogP contribution in [-0.2, 0) is 17.9 Å². The second kappa shape index (κ2) is 9.62. The quantitative estimate of drug-likeness (QED) is 0.661. The molecule has 2 N–H and O–H groups in total. The summed E-state index contributed by atoms with van der Waals surface area (Å²) in [5.74, 6) is 0.0862. The van der Waals surface area contributed by atoms with Crippen LogP contribution in [0.5, 0.6) is 11.5 Å². The molecule has 0 aliphatic heterocycles. The van der Waals surface area contributed by atoms with Crippen LogP contribution in [0.3, 0.4) is 0 Å². The molecule has 1 unspecified atom stereocenters. The zero-order valence-corrected chi connectivity index (χ0v) is 16.8. The average Bonchev–Trinajstić information content (AvgIpc) is 2.61. The molecule has 0 spiro atoms. The van der Waals surface area contributed by atoms with E-state index in [0.717, 1.165) is 11.1 Å². The van der Waals surface area contributed by atoms with Gasteiger partial charge in [0, 0.05) is 6.54 Å². The van der Waals surface area contributed by atoms with Crippen LogP contribution >= 0.6 is 11.6 Å². The van der Waals surface area contributed by atoms with Gasteiger partial charge in [0.2, 0.25) is 0 Å². The number of carboxylic acid groups (broad SMARTS) is 1. The van der Waals surface area contributed by atoms with Crippen molar-refractivity contribution in [2.24, 2.45) is 5.92 Å². The summed E-state index contributed by atoms with van der Waals surface area (Å²) in [5, 5.41) is 12.8. The molecule has 2 aromatic carbocycles. The highest BCUT2D eigenvalue weighted by Crippen LogP contribution is 2.37. The van der Waals surface area contributed by atoms with Gasteiger partial charge in [0.1, 0.15) is 12.6 Å². The number of carbonyl (C=O) groups is 1.